The van der Waals surface area contributed by atoms with E-state index >= 15 is 0 Å². The molecule has 0 bridgehead atoms. The lowest BCUT2D eigenvalue weighted by atomic mass is 9.84. The summed E-state index contributed by atoms with van der Waals surface area (Å²) in [5.74, 6) is 0.439. The first kappa shape index (κ1) is 19.6. The van der Waals surface area contributed by atoms with E-state index in [0.717, 1.165) is 62.9 Å². The van der Waals surface area contributed by atoms with Crippen LogP contribution in [0.3, 0.4) is 0 Å². The highest BCUT2D eigenvalue weighted by Crippen LogP contribution is 2.28. The van der Waals surface area contributed by atoms with E-state index in [1.54, 1.807) is 6.07 Å². The number of halogens is 1. The zero-order valence-electron chi connectivity index (χ0n) is 15.8. The van der Waals surface area contributed by atoms with Crippen molar-refractivity contribution in [3.05, 3.63) is 41.7 Å². The van der Waals surface area contributed by atoms with Crippen molar-refractivity contribution in [2.45, 2.75) is 51.0 Å². The maximum atomic E-state index is 13.9. The summed E-state index contributed by atoms with van der Waals surface area (Å²) >= 11 is 0. The standard InChI is InChI=1S/C22H28FN3O/c23-21-4-2-1-3-20(21)18-11-15-26(16-12-18)14-10-17-5-7-19(8-6-17)25-22(27)9-13-24/h1-4,11,17,19H,5-10,12,14-16H2,(H,25,27). The van der Waals surface area contributed by atoms with Crippen LogP contribution >= 0.6 is 0 Å². The van der Waals surface area contributed by atoms with Crippen LogP contribution in [0.15, 0.2) is 30.3 Å². The van der Waals surface area contributed by atoms with E-state index in [1.807, 2.05) is 18.2 Å². The summed E-state index contributed by atoms with van der Waals surface area (Å²) in [4.78, 5) is 14.0. The van der Waals surface area contributed by atoms with Gasteiger partial charge in [0.1, 0.15) is 12.2 Å². The molecular formula is C22H28FN3O. The van der Waals surface area contributed by atoms with Gasteiger partial charge in [-0.15, -0.1) is 0 Å². The van der Waals surface area contributed by atoms with Crippen LogP contribution in [-0.4, -0.2) is 36.5 Å². The van der Waals surface area contributed by atoms with Crippen LogP contribution in [-0.2, 0) is 4.79 Å². The van der Waals surface area contributed by atoms with Crippen LogP contribution in [0.5, 0.6) is 0 Å². The zero-order valence-corrected chi connectivity index (χ0v) is 15.8. The van der Waals surface area contributed by atoms with E-state index in [2.05, 4.69) is 16.3 Å². The second-order valence-corrected chi connectivity index (χ2v) is 7.67. The van der Waals surface area contributed by atoms with Crippen LogP contribution in [0.1, 0.15) is 50.5 Å². The number of nitriles is 1. The van der Waals surface area contributed by atoms with Crippen molar-refractivity contribution < 1.29 is 9.18 Å². The molecule has 1 aromatic carbocycles. The molecule has 1 aromatic rings. The lowest BCUT2D eigenvalue weighted by molar-refractivity contribution is -0.121. The molecule has 1 aliphatic carbocycles. The SMILES string of the molecule is N#CCC(=O)NC1CCC(CCN2CC=C(c3ccccc3F)CC2)CC1. The van der Waals surface area contributed by atoms with Gasteiger partial charge in [-0.2, -0.15) is 5.26 Å². The number of hydrogen-bond acceptors (Lipinski definition) is 3. The van der Waals surface area contributed by atoms with Crippen molar-refractivity contribution in [3.63, 3.8) is 0 Å². The lowest BCUT2D eigenvalue weighted by Crippen LogP contribution is -2.38. The molecule has 1 fully saturated rings. The third-order valence-electron chi connectivity index (χ3n) is 5.82. The predicted octanol–water partition coefficient (Wildman–Crippen LogP) is 3.89. The van der Waals surface area contributed by atoms with Crippen LogP contribution in [0.25, 0.3) is 5.57 Å². The summed E-state index contributed by atoms with van der Waals surface area (Å²) < 4.78 is 13.9. The quantitative estimate of drug-likeness (QED) is 0.827. The van der Waals surface area contributed by atoms with E-state index in [0.29, 0.717) is 5.92 Å². The number of carbonyl (C=O) groups is 1. The molecule has 0 saturated heterocycles. The summed E-state index contributed by atoms with van der Waals surface area (Å²) in [6, 6.07) is 9.16. The van der Waals surface area contributed by atoms with Gasteiger partial charge in [0.2, 0.25) is 5.91 Å². The highest BCUT2D eigenvalue weighted by molar-refractivity contribution is 5.78. The first-order chi connectivity index (χ1) is 13.2. The Kier molecular flexibility index (Phi) is 7.00. The fourth-order valence-electron chi connectivity index (χ4n) is 4.19. The molecule has 5 heteroatoms. The second kappa shape index (κ2) is 9.66. The molecule has 1 aliphatic heterocycles. The van der Waals surface area contributed by atoms with Gasteiger partial charge in [0.15, 0.2) is 0 Å². The van der Waals surface area contributed by atoms with E-state index in [9.17, 15) is 9.18 Å². The van der Waals surface area contributed by atoms with Crippen LogP contribution in [0.2, 0.25) is 0 Å². The minimum Gasteiger partial charge on any atom is -0.352 e. The number of rotatable bonds is 6. The molecule has 3 rings (SSSR count). The normalized spacial score (nSPS) is 23.3. The topological polar surface area (TPSA) is 56.1 Å². The maximum absolute atomic E-state index is 13.9. The molecule has 0 unspecified atom stereocenters. The van der Waals surface area contributed by atoms with Crippen LogP contribution in [0.4, 0.5) is 4.39 Å². The summed E-state index contributed by atoms with van der Waals surface area (Å²) in [5, 5.41) is 11.5. The summed E-state index contributed by atoms with van der Waals surface area (Å²) in [7, 11) is 0. The molecule has 1 N–H and O–H groups in total. The summed E-state index contributed by atoms with van der Waals surface area (Å²) in [6.45, 7) is 2.96. The average Bonchev–Trinajstić information content (AvgIpc) is 2.68. The van der Waals surface area contributed by atoms with E-state index in [4.69, 9.17) is 5.26 Å². The minimum absolute atomic E-state index is 0.0444. The third kappa shape index (κ3) is 5.64. The molecule has 0 spiro atoms. The van der Waals surface area contributed by atoms with Gasteiger partial charge in [-0.05, 0) is 62.6 Å². The Morgan fingerprint density at radius 3 is 2.70 bits per heavy atom. The van der Waals surface area contributed by atoms with E-state index < -0.39 is 0 Å². The van der Waals surface area contributed by atoms with Gasteiger partial charge >= 0.3 is 0 Å². The highest BCUT2D eigenvalue weighted by atomic mass is 19.1. The molecule has 0 atom stereocenters. The van der Waals surface area contributed by atoms with Gasteiger partial charge in [-0.3, -0.25) is 9.69 Å². The maximum Gasteiger partial charge on any atom is 0.234 e. The Bertz CT molecular complexity index is 717. The van der Waals surface area contributed by atoms with E-state index in [1.165, 1.54) is 12.5 Å². The summed E-state index contributed by atoms with van der Waals surface area (Å²) in [6.07, 6.45) is 8.52. The molecule has 1 amide bonds. The number of amides is 1. The first-order valence-corrected chi connectivity index (χ1v) is 9.98. The van der Waals surface area contributed by atoms with Gasteiger partial charge in [0.05, 0.1) is 6.07 Å². The van der Waals surface area contributed by atoms with Crippen LogP contribution < -0.4 is 5.32 Å². The van der Waals surface area contributed by atoms with Crippen molar-refractivity contribution in [1.82, 2.24) is 10.2 Å². The molecule has 27 heavy (non-hydrogen) atoms. The second-order valence-electron chi connectivity index (χ2n) is 7.67. The van der Waals surface area contributed by atoms with Gasteiger partial charge in [-0.1, -0.05) is 24.3 Å². The van der Waals surface area contributed by atoms with Crippen molar-refractivity contribution in [3.8, 4) is 6.07 Å². The molecule has 1 saturated carbocycles. The number of nitrogens with one attached hydrogen (secondary N) is 1. The fraction of sp³-hybridized carbons (Fsp3) is 0.545. The Morgan fingerprint density at radius 1 is 1.26 bits per heavy atom. The molecular weight excluding hydrogens is 341 g/mol. The largest absolute Gasteiger partial charge is 0.352 e. The van der Waals surface area contributed by atoms with Gasteiger partial charge in [0, 0.05) is 24.7 Å². The minimum atomic E-state index is -0.147. The average molecular weight is 369 g/mol. The fourth-order valence-corrected chi connectivity index (χ4v) is 4.19. The zero-order chi connectivity index (χ0) is 19.1. The first-order valence-electron chi connectivity index (χ1n) is 9.98. The molecule has 0 aromatic heterocycles. The Labute approximate surface area is 161 Å². The predicted molar refractivity (Wildman–Crippen MR) is 104 cm³/mol. The smallest absolute Gasteiger partial charge is 0.234 e. The van der Waals surface area contributed by atoms with Gasteiger partial charge in [-0.25, -0.2) is 4.39 Å². The van der Waals surface area contributed by atoms with Crippen molar-refractivity contribution in [1.29, 1.82) is 5.26 Å². The number of benzene rings is 1. The van der Waals surface area contributed by atoms with E-state index in [-0.39, 0.29) is 24.2 Å². The Balaban J connectivity index is 1.38. The van der Waals surface area contributed by atoms with Crippen LogP contribution in [0, 0.1) is 23.1 Å². The number of carbonyl (C=O) groups excluding carboxylic acids is 1. The third-order valence-corrected chi connectivity index (χ3v) is 5.82. The molecule has 144 valence electrons. The monoisotopic (exact) mass is 369 g/mol. The molecule has 2 aliphatic rings. The summed E-state index contributed by atoms with van der Waals surface area (Å²) in [5.41, 5.74) is 1.87. The molecule has 0 radical (unpaired) electrons. The number of nitrogens with zero attached hydrogens (tertiary/aromatic N) is 2. The Hall–Kier alpha value is -2.19. The lowest BCUT2D eigenvalue weighted by Gasteiger charge is -2.32. The van der Waals surface area contributed by atoms with Gasteiger partial charge in [0.25, 0.3) is 0 Å². The molecule has 4 nitrogen and oxygen atoms in total. The van der Waals surface area contributed by atoms with Gasteiger partial charge < -0.3 is 5.32 Å². The molecule has 1 heterocycles. The van der Waals surface area contributed by atoms with Crippen molar-refractivity contribution in [2.75, 3.05) is 19.6 Å². The van der Waals surface area contributed by atoms with Crippen molar-refractivity contribution in [2.24, 2.45) is 5.92 Å². The number of hydrogen-bond donors (Lipinski definition) is 1. The van der Waals surface area contributed by atoms with Crippen molar-refractivity contribution >= 4 is 11.5 Å². The Morgan fingerprint density at radius 2 is 2.04 bits per heavy atom. The highest BCUT2D eigenvalue weighted by Gasteiger charge is 2.23.